The molecule has 2 fully saturated rings. The molecule has 0 N–H and O–H groups in total. The summed E-state index contributed by atoms with van der Waals surface area (Å²) in [6.07, 6.45) is 14.4. The molecule has 1 aromatic carbocycles. The molecule has 4 nitrogen and oxygen atoms in total. The molecule has 0 aromatic heterocycles. The van der Waals surface area contributed by atoms with Gasteiger partial charge in [0, 0.05) is 0 Å². The van der Waals surface area contributed by atoms with Crippen LogP contribution in [0.25, 0.3) is 0 Å². The Morgan fingerprint density at radius 2 is 0.929 bits per heavy atom. The maximum atomic E-state index is 14.3. The van der Waals surface area contributed by atoms with Crippen molar-refractivity contribution < 1.29 is 27.8 Å². The predicted molar refractivity (Wildman–Crippen MR) is 165 cm³/mol. The first-order valence-electron chi connectivity index (χ1n) is 17.2. The molecule has 238 valence electrons. The quantitative estimate of drug-likeness (QED) is 0.126. The molecule has 0 saturated heterocycles. The molecular weight excluding hydrogens is 534 g/mol. The Morgan fingerprint density at radius 1 is 0.595 bits per heavy atom. The summed E-state index contributed by atoms with van der Waals surface area (Å²) in [5.41, 5.74) is 2.62. The highest BCUT2D eigenvalue weighted by Crippen LogP contribution is 2.38. The normalized spacial score (nSPS) is 24.1. The van der Waals surface area contributed by atoms with E-state index >= 15 is 0 Å². The second-order valence-corrected chi connectivity index (χ2v) is 12.8. The van der Waals surface area contributed by atoms with E-state index in [1.807, 2.05) is 0 Å². The molecule has 0 amide bonds. The van der Waals surface area contributed by atoms with E-state index in [1.165, 1.54) is 11.1 Å². The molecular formula is C36H56F2O4. The van der Waals surface area contributed by atoms with E-state index in [-0.39, 0.29) is 25.0 Å². The van der Waals surface area contributed by atoms with Crippen molar-refractivity contribution in [2.45, 2.75) is 179 Å². The molecule has 6 heteroatoms. The van der Waals surface area contributed by atoms with Crippen LogP contribution >= 0.6 is 0 Å². The number of carbonyl (C=O) groups is 2. The number of alkyl halides is 2. The summed E-state index contributed by atoms with van der Waals surface area (Å²) in [5.74, 6) is -0.483. The SMILES string of the molecule is CCCCCCC[C@@H](F)C(=O)O[C@H]1CC[C@H](c2ccc([C@H]3CC[C@H](OC(=O)[C@H](F)CCCCCCC)CC3)cc2)CC1. The van der Waals surface area contributed by atoms with E-state index in [0.717, 1.165) is 116 Å². The largest absolute Gasteiger partial charge is 0.460 e. The number of unbranched alkanes of at least 4 members (excludes halogenated alkanes) is 8. The molecule has 2 aliphatic rings. The lowest BCUT2D eigenvalue weighted by atomic mass is 9.80. The summed E-state index contributed by atoms with van der Waals surface area (Å²) in [4.78, 5) is 24.4. The average Bonchev–Trinajstić information content (AvgIpc) is 3.01. The first-order valence-corrected chi connectivity index (χ1v) is 17.2. The van der Waals surface area contributed by atoms with Crippen LogP contribution in [0.4, 0.5) is 8.78 Å². The van der Waals surface area contributed by atoms with Crippen molar-refractivity contribution in [3.63, 3.8) is 0 Å². The van der Waals surface area contributed by atoms with Crippen molar-refractivity contribution in [1.29, 1.82) is 0 Å². The number of ether oxygens (including phenoxy) is 2. The van der Waals surface area contributed by atoms with Gasteiger partial charge in [0.1, 0.15) is 12.2 Å². The Balaban J connectivity index is 1.32. The van der Waals surface area contributed by atoms with Crippen LogP contribution in [0.1, 0.15) is 165 Å². The highest BCUT2D eigenvalue weighted by atomic mass is 19.1. The Hall–Kier alpha value is -1.98. The Bertz CT molecular complexity index is 815. The monoisotopic (exact) mass is 590 g/mol. The molecule has 0 heterocycles. The maximum absolute atomic E-state index is 14.3. The first-order chi connectivity index (χ1) is 20.4. The lowest BCUT2D eigenvalue weighted by Crippen LogP contribution is -2.28. The zero-order valence-corrected chi connectivity index (χ0v) is 26.3. The van der Waals surface area contributed by atoms with E-state index in [2.05, 4.69) is 38.1 Å². The third-order valence-corrected chi connectivity index (χ3v) is 9.43. The van der Waals surface area contributed by atoms with Gasteiger partial charge in [0.15, 0.2) is 12.3 Å². The zero-order valence-electron chi connectivity index (χ0n) is 26.3. The third-order valence-electron chi connectivity index (χ3n) is 9.43. The minimum Gasteiger partial charge on any atom is -0.460 e. The van der Waals surface area contributed by atoms with E-state index < -0.39 is 24.3 Å². The molecule has 42 heavy (non-hydrogen) atoms. The van der Waals surface area contributed by atoms with Gasteiger partial charge in [-0.3, -0.25) is 0 Å². The molecule has 0 radical (unpaired) electrons. The van der Waals surface area contributed by atoms with E-state index in [4.69, 9.17) is 9.47 Å². The molecule has 2 saturated carbocycles. The first kappa shape index (κ1) is 34.5. The van der Waals surface area contributed by atoms with Crippen LogP contribution in [0.2, 0.25) is 0 Å². The van der Waals surface area contributed by atoms with Gasteiger partial charge in [-0.1, -0.05) is 89.5 Å². The van der Waals surface area contributed by atoms with Crippen molar-refractivity contribution in [3.8, 4) is 0 Å². The third kappa shape index (κ3) is 12.0. The number of esters is 2. The fraction of sp³-hybridized carbons (Fsp3) is 0.778. The summed E-state index contributed by atoms with van der Waals surface area (Å²) >= 11 is 0. The molecule has 0 spiro atoms. The van der Waals surface area contributed by atoms with Crippen LogP contribution in [-0.2, 0) is 19.1 Å². The van der Waals surface area contributed by atoms with Crippen molar-refractivity contribution in [2.75, 3.05) is 0 Å². The Labute approximate surface area is 253 Å². The lowest BCUT2D eigenvalue weighted by molar-refractivity contribution is -0.157. The molecule has 2 atom stereocenters. The van der Waals surface area contributed by atoms with Crippen LogP contribution in [0.5, 0.6) is 0 Å². The Kier molecular flexibility index (Phi) is 15.9. The molecule has 2 aliphatic carbocycles. The number of benzene rings is 1. The molecule has 0 aliphatic heterocycles. The molecule has 0 bridgehead atoms. The van der Waals surface area contributed by atoms with Crippen LogP contribution in [0.15, 0.2) is 24.3 Å². The zero-order chi connectivity index (χ0) is 30.2. The molecule has 0 unspecified atom stereocenters. The number of halogens is 2. The topological polar surface area (TPSA) is 52.6 Å². The number of hydrogen-bond acceptors (Lipinski definition) is 4. The van der Waals surface area contributed by atoms with E-state index in [1.54, 1.807) is 0 Å². The minimum atomic E-state index is -1.50. The minimum absolute atomic E-state index is 0.172. The van der Waals surface area contributed by atoms with Crippen LogP contribution < -0.4 is 0 Å². The second kappa shape index (κ2) is 19.3. The van der Waals surface area contributed by atoms with Crippen LogP contribution in [-0.4, -0.2) is 36.5 Å². The summed E-state index contributed by atoms with van der Waals surface area (Å²) in [6.45, 7) is 4.30. The smallest absolute Gasteiger partial charge is 0.340 e. The van der Waals surface area contributed by atoms with Gasteiger partial charge >= 0.3 is 11.9 Å². The molecule has 1 aromatic rings. The van der Waals surface area contributed by atoms with Gasteiger partial charge in [-0.05, 0) is 100 Å². The van der Waals surface area contributed by atoms with Gasteiger partial charge in [0.25, 0.3) is 0 Å². The number of rotatable bonds is 18. The van der Waals surface area contributed by atoms with E-state index in [0.29, 0.717) is 11.8 Å². The lowest BCUT2D eigenvalue weighted by Gasteiger charge is -2.30. The standard InChI is InChI=1S/C36H56F2O4/c1-3-5-7-9-11-13-33(37)35(39)41-31-23-19-29(20-24-31)27-15-17-28(18-16-27)30-21-25-32(26-22-30)42-36(40)34(38)14-12-10-8-6-4-2/h15-18,29-34H,3-14,19-26H2,1-2H3/t29-,30-,31-,32-,33-,34-/m1/s1. The van der Waals surface area contributed by atoms with Gasteiger partial charge in [0.2, 0.25) is 0 Å². The highest BCUT2D eigenvalue weighted by Gasteiger charge is 2.30. The summed E-state index contributed by atoms with van der Waals surface area (Å²) < 4.78 is 39.6. The van der Waals surface area contributed by atoms with Gasteiger partial charge in [-0.15, -0.1) is 0 Å². The fourth-order valence-electron chi connectivity index (χ4n) is 6.63. The number of hydrogen-bond donors (Lipinski definition) is 0. The van der Waals surface area contributed by atoms with Crippen LogP contribution in [0, 0.1) is 0 Å². The van der Waals surface area contributed by atoms with Gasteiger partial charge in [-0.25, -0.2) is 18.4 Å². The average molecular weight is 591 g/mol. The summed E-state index contributed by atoms with van der Waals surface area (Å²) in [5, 5.41) is 0. The van der Waals surface area contributed by atoms with Crippen molar-refractivity contribution in [2.24, 2.45) is 0 Å². The van der Waals surface area contributed by atoms with Crippen LogP contribution in [0.3, 0.4) is 0 Å². The molecule has 3 rings (SSSR count). The van der Waals surface area contributed by atoms with Gasteiger partial charge < -0.3 is 9.47 Å². The van der Waals surface area contributed by atoms with Gasteiger partial charge in [-0.2, -0.15) is 0 Å². The second-order valence-electron chi connectivity index (χ2n) is 12.8. The summed E-state index contributed by atoms with van der Waals surface area (Å²) in [6, 6.07) is 8.90. The van der Waals surface area contributed by atoms with Crippen molar-refractivity contribution in [3.05, 3.63) is 35.4 Å². The maximum Gasteiger partial charge on any atom is 0.340 e. The predicted octanol–water partition coefficient (Wildman–Crippen LogP) is 10.2. The number of carbonyl (C=O) groups excluding carboxylic acids is 2. The van der Waals surface area contributed by atoms with E-state index in [9.17, 15) is 18.4 Å². The highest BCUT2D eigenvalue weighted by molar-refractivity contribution is 5.75. The summed E-state index contributed by atoms with van der Waals surface area (Å²) in [7, 11) is 0. The fourth-order valence-corrected chi connectivity index (χ4v) is 6.63. The van der Waals surface area contributed by atoms with Crippen molar-refractivity contribution in [1.82, 2.24) is 0 Å². The van der Waals surface area contributed by atoms with Crippen molar-refractivity contribution >= 4 is 11.9 Å². The van der Waals surface area contributed by atoms with Gasteiger partial charge in [0.05, 0.1) is 0 Å². The Morgan fingerprint density at radius 3 is 1.26 bits per heavy atom.